The van der Waals surface area contributed by atoms with Crippen LogP contribution in [0, 0.1) is 12.7 Å². The van der Waals surface area contributed by atoms with Gasteiger partial charge in [0.15, 0.2) is 11.9 Å². The van der Waals surface area contributed by atoms with E-state index in [9.17, 15) is 18.8 Å². The van der Waals surface area contributed by atoms with Crippen molar-refractivity contribution in [2.45, 2.75) is 32.8 Å². The summed E-state index contributed by atoms with van der Waals surface area (Å²) < 4.78 is 17.8. The molecule has 0 radical (unpaired) electrons. The molecule has 1 amide bonds. The molecule has 1 heterocycles. The van der Waals surface area contributed by atoms with Gasteiger partial charge in [-0.15, -0.1) is 11.3 Å². The fraction of sp³-hybridized carbons (Fsp3) is 0.278. The molecule has 1 N–H and O–H groups in total. The molecule has 1 atom stereocenters. The van der Waals surface area contributed by atoms with Gasteiger partial charge in [0.25, 0.3) is 5.91 Å². The largest absolute Gasteiger partial charge is 0.453 e. The minimum Gasteiger partial charge on any atom is -0.453 e. The van der Waals surface area contributed by atoms with Crippen molar-refractivity contribution in [2.24, 2.45) is 0 Å². The maximum absolute atomic E-state index is 12.8. The molecular weight excluding hydrogens is 345 g/mol. The second kappa shape index (κ2) is 8.53. The Morgan fingerprint density at radius 2 is 1.80 bits per heavy atom. The van der Waals surface area contributed by atoms with Gasteiger partial charge in [-0.1, -0.05) is 0 Å². The van der Waals surface area contributed by atoms with Crippen LogP contribution in [0.4, 0.5) is 10.1 Å². The highest BCUT2D eigenvalue weighted by molar-refractivity contribution is 7.14. The molecule has 2 rings (SSSR count). The first-order chi connectivity index (χ1) is 11.8. The third-order valence-corrected chi connectivity index (χ3v) is 4.40. The number of hydrogen-bond donors (Lipinski definition) is 1. The van der Waals surface area contributed by atoms with Crippen LogP contribution >= 0.6 is 11.3 Å². The number of carbonyl (C=O) groups is 3. The van der Waals surface area contributed by atoms with Gasteiger partial charge in [-0.3, -0.25) is 14.4 Å². The van der Waals surface area contributed by atoms with Crippen molar-refractivity contribution < 1.29 is 23.5 Å². The number of hydrogen-bond acceptors (Lipinski definition) is 5. The highest BCUT2D eigenvalue weighted by atomic mass is 32.1. The molecule has 7 heteroatoms. The molecule has 0 spiro atoms. The third kappa shape index (κ3) is 5.79. The summed E-state index contributed by atoms with van der Waals surface area (Å²) in [6, 6.07) is 8.81. The van der Waals surface area contributed by atoms with Crippen LogP contribution in [0.1, 0.15) is 34.3 Å². The van der Waals surface area contributed by atoms with Gasteiger partial charge in [0.2, 0.25) is 0 Å². The number of Topliss-reactive ketones (excluding diaryl/α,β-unsaturated/α-hetero) is 1. The zero-order valence-electron chi connectivity index (χ0n) is 13.9. The smallest absolute Gasteiger partial charge is 0.307 e. The monoisotopic (exact) mass is 363 g/mol. The fourth-order valence-corrected chi connectivity index (χ4v) is 2.84. The molecule has 1 aromatic carbocycles. The lowest BCUT2D eigenvalue weighted by molar-refractivity contribution is -0.153. The maximum atomic E-state index is 12.8. The zero-order chi connectivity index (χ0) is 18.4. The maximum Gasteiger partial charge on any atom is 0.307 e. The molecule has 0 aliphatic heterocycles. The van der Waals surface area contributed by atoms with E-state index in [1.165, 1.54) is 42.5 Å². The number of aryl methyl sites for hydroxylation is 1. The van der Waals surface area contributed by atoms with E-state index in [1.807, 2.05) is 13.0 Å². The molecule has 0 unspecified atom stereocenters. The summed E-state index contributed by atoms with van der Waals surface area (Å²) >= 11 is 1.38. The van der Waals surface area contributed by atoms with E-state index in [-0.39, 0.29) is 18.6 Å². The third-order valence-electron chi connectivity index (χ3n) is 3.36. The van der Waals surface area contributed by atoms with E-state index in [2.05, 4.69) is 5.32 Å². The van der Waals surface area contributed by atoms with Crippen LogP contribution in [0.2, 0.25) is 0 Å². The Labute approximate surface area is 148 Å². The molecule has 5 nitrogen and oxygen atoms in total. The lowest BCUT2D eigenvalue weighted by atomic mass is 10.2. The van der Waals surface area contributed by atoms with E-state index in [0.29, 0.717) is 10.6 Å². The summed E-state index contributed by atoms with van der Waals surface area (Å²) in [4.78, 5) is 37.3. The van der Waals surface area contributed by atoms with Gasteiger partial charge >= 0.3 is 5.97 Å². The van der Waals surface area contributed by atoms with Crippen molar-refractivity contribution in [3.63, 3.8) is 0 Å². The van der Waals surface area contributed by atoms with E-state index in [0.717, 1.165) is 4.88 Å². The molecule has 0 bridgehead atoms. The number of anilines is 1. The van der Waals surface area contributed by atoms with E-state index < -0.39 is 23.8 Å². The molecule has 2 aromatic rings. The number of thiophene rings is 1. The first-order valence-corrected chi connectivity index (χ1v) is 8.52. The minimum atomic E-state index is -1.02. The Balaban J connectivity index is 1.78. The van der Waals surface area contributed by atoms with Crippen LogP contribution in [-0.2, 0) is 14.3 Å². The summed E-state index contributed by atoms with van der Waals surface area (Å²) in [5.74, 6) is -1.69. The molecule has 0 saturated heterocycles. The fourth-order valence-electron chi connectivity index (χ4n) is 2.01. The van der Waals surface area contributed by atoms with E-state index in [4.69, 9.17) is 4.74 Å². The lowest BCUT2D eigenvalue weighted by Crippen LogP contribution is -2.30. The SMILES string of the molecule is Cc1ccc(C(=O)CCC(=O)O[C@@H](C)C(=O)Nc2ccc(F)cc2)s1. The summed E-state index contributed by atoms with van der Waals surface area (Å²) in [7, 11) is 0. The normalized spacial score (nSPS) is 11.6. The average molecular weight is 363 g/mol. The Hall–Kier alpha value is -2.54. The molecule has 0 fully saturated rings. The summed E-state index contributed by atoms with van der Waals surface area (Å²) in [6.45, 7) is 3.33. The predicted octanol–water partition coefficient (Wildman–Crippen LogP) is 3.73. The highest BCUT2D eigenvalue weighted by Gasteiger charge is 2.19. The van der Waals surface area contributed by atoms with Crippen LogP contribution < -0.4 is 5.32 Å². The number of amides is 1. The van der Waals surface area contributed by atoms with Gasteiger partial charge in [0.05, 0.1) is 11.3 Å². The highest BCUT2D eigenvalue weighted by Crippen LogP contribution is 2.17. The van der Waals surface area contributed by atoms with Crippen molar-refractivity contribution >= 4 is 34.7 Å². The van der Waals surface area contributed by atoms with Crippen LogP contribution in [-0.4, -0.2) is 23.8 Å². The lowest BCUT2D eigenvalue weighted by Gasteiger charge is -2.13. The van der Waals surface area contributed by atoms with Crippen LogP contribution in [0.3, 0.4) is 0 Å². The minimum absolute atomic E-state index is 0.0328. The van der Waals surface area contributed by atoms with Gasteiger partial charge in [0.1, 0.15) is 5.82 Å². The Bertz CT molecular complexity index is 770. The summed E-state index contributed by atoms with van der Waals surface area (Å²) in [5, 5.41) is 2.52. The van der Waals surface area contributed by atoms with Gasteiger partial charge in [-0.05, 0) is 50.2 Å². The average Bonchev–Trinajstić information content (AvgIpc) is 3.01. The van der Waals surface area contributed by atoms with Crippen molar-refractivity contribution in [3.8, 4) is 0 Å². The second-order valence-electron chi connectivity index (χ2n) is 5.46. The molecular formula is C18H18FNO4S. The van der Waals surface area contributed by atoms with Gasteiger partial charge < -0.3 is 10.1 Å². The second-order valence-corrected chi connectivity index (χ2v) is 6.75. The first kappa shape index (κ1) is 18.8. The zero-order valence-corrected chi connectivity index (χ0v) is 14.7. The number of carbonyl (C=O) groups excluding carboxylic acids is 3. The number of ether oxygens (including phenoxy) is 1. The number of nitrogens with one attached hydrogen (secondary N) is 1. The van der Waals surface area contributed by atoms with Crippen molar-refractivity contribution in [1.29, 1.82) is 0 Å². The van der Waals surface area contributed by atoms with E-state index in [1.54, 1.807) is 6.07 Å². The van der Waals surface area contributed by atoms with E-state index >= 15 is 0 Å². The number of rotatable bonds is 7. The van der Waals surface area contributed by atoms with Gasteiger partial charge in [0, 0.05) is 17.0 Å². The predicted molar refractivity (Wildman–Crippen MR) is 93.2 cm³/mol. The number of halogens is 1. The quantitative estimate of drug-likeness (QED) is 0.601. The Morgan fingerprint density at radius 3 is 2.40 bits per heavy atom. The number of esters is 1. The molecule has 132 valence electrons. The Morgan fingerprint density at radius 1 is 1.12 bits per heavy atom. The van der Waals surface area contributed by atoms with Crippen LogP contribution in [0.25, 0.3) is 0 Å². The molecule has 0 saturated carbocycles. The first-order valence-electron chi connectivity index (χ1n) is 7.70. The van der Waals surface area contributed by atoms with Crippen LogP contribution in [0.15, 0.2) is 36.4 Å². The standard InChI is InChI=1S/C18H18FNO4S/c1-11-3-9-16(25-11)15(21)8-10-17(22)24-12(2)18(23)20-14-6-4-13(19)5-7-14/h3-7,9,12H,8,10H2,1-2H3,(H,20,23)/t12-/m0/s1. The number of benzene rings is 1. The van der Waals surface area contributed by atoms with Crippen molar-refractivity contribution in [2.75, 3.05) is 5.32 Å². The molecule has 1 aromatic heterocycles. The van der Waals surface area contributed by atoms with Gasteiger partial charge in [-0.2, -0.15) is 0 Å². The van der Waals surface area contributed by atoms with Crippen molar-refractivity contribution in [3.05, 3.63) is 52.0 Å². The summed E-state index contributed by atoms with van der Waals surface area (Å²) in [5.41, 5.74) is 0.401. The topological polar surface area (TPSA) is 72.5 Å². The van der Waals surface area contributed by atoms with Gasteiger partial charge in [-0.25, -0.2) is 4.39 Å². The summed E-state index contributed by atoms with van der Waals surface area (Å²) in [6.07, 6.45) is -1.08. The Kier molecular flexibility index (Phi) is 6.41. The van der Waals surface area contributed by atoms with Crippen LogP contribution in [0.5, 0.6) is 0 Å². The number of ketones is 1. The van der Waals surface area contributed by atoms with Crippen molar-refractivity contribution in [1.82, 2.24) is 0 Å². The molecule has 25 heavy (non-hydrogen) atoms. The molecule has 0 aliphatic rings. The molecule has 0 aliphatic carbocycles.